The number of aromatic nitrogens is 3. The van der Waals surface area contributed by atoms with Crippen LogP contribution in [0.5, 0.6) is 0 Å². The molecule has 0 saturated carbocycles. The summed E-state index contributed by atoms with van der Waals surface area (Å²) < 4.78 is 67.9. The van der Waals surface area contributed by atoms with Crippen molar-refractivity contribution in [3.05, 3.63) is 49.8 Å². The molecule has 0 radical (unpaired) electrons. The van der Waals surface area contributed by atoms with Crippen molar-refractivity contribution in [2.75, 3.05) is 39.3 Å². The molecule has 0 bridgehead atoms. The molecular formula is C18H21Cl2N7O8S3Zn. The van der Waals surface area contributed by atoms with Gasteiger partial charge >= 0.3 is 19.5 Å². The minimum Gasteiger partial charge on any atom is -0.298 e. The first-order valence-electron chi connectivity index (χ1n) is 10.0. The molecule has 0 amide bonds. The van der Waals surface area contributed by atoms with Crippen molar-refractivity contribution in [3.63, 3.8) is 0 Å². The number of hydrogen-bond donors (Lipinski definition) is 0. The summed E-state index contributed by atoms with van der Waals surface area (Å²) in [6, 6.07) is 0. The zero-order valence-corrected chi connectivity index (χ0v) is 27.0. The molecular weight excluding hydrogens is 675 g/mol. The van der Waals surface area contributed by atoms with Crippen LogP contribution in [0.15, 0.2) is 49.7 Å². The average molecular weight is 696 g/mol. The minimum absolute atomic E-state index is 0. The molecule has 0 aliphatic heterocycles. The van der Waals surface area contributed by atoms with Crippen LogP contribution >= 0.6 is 34.0 Å². The number of hydrogen-bond acceptors (Lipinski definition) is 18. The van der Waals surface area contributed by atoms with Crippen LogP contribution < -0.4 is 37.3 Å². The first kappa shape index (κ1) is 37.7. The van der Waals surface area contributed by atoms with Crippen LogP contribution in [0.1, 0.15) is 15.0 Å². The van der Waals surface area contributed by atoms with Gasteiger partial charge in [0.05, 0.1) is 38.3 Å². The van der Waals surface area contributed by atoms with Crippen LogP contribution in [-0.2, 0) is 19.5 Å². The summed E-state index contributed by atoms with van der Waals surface area (Å²) in [6.45, 7) is 4.77. The van der Waals surface area contributed by atoms with Crippen LogP contribution in [0.3, 0.4) is 0 Å². The molecule has 0 aliphatic carbocycles. The van der Waals surface area contributed by atoms with Gasteiger partial charge in [-0.1, -0.05) is 0 Å². The van der Waals surface area contributed by atoms with E-state index in [1.807, 2.05) is 34.8 Å². The molecule has 0 fully saturated rings. The van der Waals surface area contributed by atoms with E-state index >= 15 is 0 Å². The molecule has 15 nitrogen and oxygen atoms in total. The van der Waals surface area contributed by atoms with Crippen LogP contribution in [0, 0.1) is 20.5 Å². The van der Waals surface area contributed by atoms with Crippen molar-refractivity contribution in [1.29, 1.82) is 0 Å². The molecule has 21 heteroatoms. The van der Waals surface area contributed by atoms with E-state index in [1.54, 1.807) is 52.6 Å². The van der Waals surface area contributed by atoms with Gasteiger partial charge in [0.1, 0.15) is 15.0 Å². The topological polar surface area (TPSA) is 263 Å². The Morgan fingerprint density at radius 3 is 1.05 bits per heavy atom. The zero-order chi connectivity index (χ0) is 28.3. The molecule has 39 heavy (non-hydrogen) atoms. The second-order valence-electron chi connectivity index (χ2n) is 6.31. The minimum atomic E-state index is -4.94. The van der Waals surface area contributed by atoms with Gasteiger partial charge < -0.3 is 0 Å². The van der Waals surface area contributed by atoms with E-state index in [0.29, 0.717) is 0 Å². The summed E-state index contributed by atoms with van der Waals surface area (Å²) in [4.78, 5) is 28.4. The Bertz CT molecular complexity index is 913. The van der Waals surface area contributed by atoms with Crippen molar-refractivity contribution < 1.29 is 77.2 Å². The first-order chi connectivity index (χ1) is 17.9. The Kier molecular flexibility index (Phi) is 20.8. The molecule has 3 heterocycles. The summed E-state index contributed by atoms with van der Waals surface area (Å²) in [5, 5.41) is 8.67. The Hall–Kier alpha value is -1.26. The maximum Gasteiger partial charge on any atom is 2.00 e. The third kappa shape index (κ3) is 26.7. The van der Waals surface area contributed by atoms with Crippen molar-refractivity contribution in [1.82, 2.24) is 19.9 Å². The van der Waals surface area contributed by atoms with Crippen LogP contribution in [0.4, 0.5) is 0 Å². The largest absolute Gasteiger partial charge is 2.00 e. The molecule has 3 rings (SSSR count). The van der Waals surface area contributed by atoms with Crippen molar-refractivity contribution in [2.24, 2.45) is 15.0 Å². The molecule has 0 atom stereocenters. The Labute approximate surface area is 252 Å². The number of rotatable bonds is 12. The van der Waals surface area contributed by atoms with Crippen molar-refractivity contribution in [2.45, 2.75) is 0 Å². The maximum absolute atomic E-state index is 8.49. The second kappa shape index (κ2) is 21.5. The Morgan fingerprint density at radius 1 is 0.590 bits per heavy atom. The van der Waals surface area contributed by atoms with E-state index in [1.165, 1.54) is 0 Å². The van der Waals surface area contributed by atoms with Crippen molar-refractivity contribution in [3.8, 4) is 0 Å². The molecule has 0 aliphatic rings. The first-order valence-corrected chi connectivity index (χ1v) is 15.1. The van der Waals surface area contributed by atoms with Gasteiger partial charge in [0.25, 0.3) is 0 Å². The molecule has 0 spiro atoms. The van der Waals surface area contributed by atoms with Gasteiger partial charge in [-0.3, -0.25) is 19.9 Å². The number of aliphatic imine (C=N–C) groups is 3. The van der Waals surface area contributed by atoms with E-state index in [2.05, 4.69) is 34.8 Å². The van der Waals surface area contributed by atoms with Crippen molar-refractivity contribution >= 4 is 52.7 Å². The molecule has 0 aromatic carbocycles. The maximum atomic E-state index is 8.49. The Morgan fingerprint density at radius 2 is 0.846 bits per heavy atom. The normalized spacial score (nSPS) is 11.9. The monoisotopic (exact) mass is 693 g/mol. The van der Waals surface area contributed by atoms with Gasteiger partial charge in [-0.25, -0.2) is 52.2 Å². The summed E-state index contributed by atoms with van der Waals surface area (Å²) in [5.41, 5.74) is 0. The van der Waals surface area contributed by atoms with Gasteiger partial charge in [0.15, 0.2) is 0 Å². The van der Waals surface area contributed by atoms with E-state index in [-0.39, 0.29) is 19.5 Å². The standard InChI is InChI=1S/C18H21N7S3.2ClHO4.Zn/c1(19-13-16-22-4-10-26-16)7-25(8-2-20-14-17-23-5-11-27-17)9-3-21-15-18-24-6-12-28-18;2*2-1(3,4)5;/h4-6,10-15H,1-3,7-9H2;2*(H,2,3,4,5);/q;;;+2/p-2. The van der Waals surface area contributed by atoms with E-state index in [9.17, 15) is 0 Å². The summed E-state index contributed by atoms with van der Waals surface area (Å²) in [5.74, 6) is 0. The quantitative estimate of drug-likeness (QED) is 0.126. The fourth-order valence-electron chi connectivity index (χ4n) is 2.26. The van der Waals surface area contributed by atoms with Gasteiger partial charge in [0, 0.05) is 54.4 Å². The van der Waals surface area contributed by atoms with E-state index < -0.39 is 20.5 Å². The summed E-state index contributed by atoms with van der Waals surface area (Å²) >= 11 is 4.77. The van der Waals surface area contributed by atoms with Gasteiger partial charge in [-0.05, 0) is 0 Å². The summed E-state index contributed by atoms with van der Waals surface area (Å²) in [7, 11) is -9.89. The third-order valence-electron chi connectivity index (χ3n) is 3.60. The third-order valence-corrected chi connectivity index (χ3v) is 5.73. The Balaban J connectivity index is 0.00000113. The average Bonchev–Trinajstić information content (AvgIpc) is 3.58. The smallest absolute Gasteiger partial charge is 0.298 e. The number of nitrogens with zero attached hydrogens (tertiary/aromatic N) is 7. The van der Waals surface area contributed by atoms with Gasteiger partial charge in [0.2, 0.25) is 0 Å². The number of thiazole rings is 3. The van der Waals surface area contributed by atoms with Crippen LogP contribution in [0.2, 0.25) is 0 Å². The second-order valence-corrected chi connectivity index (χ2v) is 10.6. The molecule has 3 aromatic rings. The van der Waals surface area contributed by atoms with Gasteiger partial charge in [-0.2, -0.15) is 0 Å². The number of halogens is 2. The SMILES string of the molecule is C(=NCCN(CCN=Cc1nccs1)CCN=Cc1nccs1)c1nccs1.[O-][Cl+3]([O-])([O-])[O-].[O-][Cl+3]([O-])([O-])[O-].[Zn+2]. The predicted octanol–water partition coefficient (Wildman–Crippen LogP) is -6.50. The fraction of sp³-hybridized carbons (Fsp3) is 0.333. The molecule has 210 valence electrons. The molecule has 3 aromatic heterocycles. The molecule has 0 N–H and O–H groups in total. The van der Waals surface area contributed by atoms with Crippen LogP contribution in [0.25, 0.3) is 0 Å². The zero-order valence-electron chi connectivity index (χ0n) is 20.0. The fourth-order valence-corrected chi connectivity index (χ4v) is 3.81. The summed E-state index contributed by atoms with van der Waals surface area (Å²) in [6.07, 6.45) is 10.9. The van der Waals surface area contributed by atoms with Crippen LogP contribution in [-0.4, -0.2) is 77.8 Å². The molecule has 0 unspecified atom stereocenters. The van der Waals surface area contributed by atoms with Gasteiger partial charge in [-0.15, -0.1) is 54.5 Å². The predicted molar refractivity (Wildman–Crippen MR) is 120 cm³/mol. The van der Waals surface area contributed by atoms with E-state index in [4.69, 9.17) is 37.3 Å². The molecule has 0 saturated heterocycles. The van der Waals surface area contributed by atoms with E-state index in [0.717, 1.165) is 54.3 Å².